The number of rotatable bonds is 1. The van der Waals surface area contributed by atoms with E-state index in [2.05, 4.69) is 60.7 Å². The van der Waals surface area contributed by atoms with E-state index >= 15 is 0 Å². The summed E-state index contributed by atoms with van der Waals surface area (Å²) in [6.45, 7) is 4.61. The van der Waals surface area contributed by atoms with Crippen molar-refractivity contribution < 1.29 is 4.42 Å². The minimum atomic E-state index is 0.114. The maximum Gasteiger partial charge on any atom is 0.206 e. The molecule has 0 amide bonds. The van der Waals surface area contributed by atoms with Crippen molar-refractivity contribution in [2.45, 2.75) is 57.5 Å². The monoisotopic (exact) mass is 334 g/mol. The smallest absolute Gasteiger partial charge is 0.206 e. The largest absolute Gasteiger partial charge is 0.448 e. The molecule has 3 aromatic rings. The number of benzene rings is 1. The van der Waals surface area contributed by atoms with Gasteiger partial charge in [0.15, 0.2) is 0 Å². The lowest BCUT2D eigenvalue weighted by Crippen LogP contribution is -2.44. The van der Waals surface area contributed by atoms with Crippen LogP contribution in [0, 0.1) is 6.92 Å². The average molecular weight is 334 g/mol. The number of fused-ring (bicyclic) bond motifs is 4. The Bertz CT molecular complexity index is 942. The number of anilines is 1. The molecule has 1 spiro atoms. The van der Waals surface area contributed by atoms with Crippen molar-refractivity contribution >= 4 is 16.8 Å². The van der Waals surface area contributed by atoms with Gasteiger partial charge in [-0.15, -0.1) is 0 Å². The molecule has 1 aliphatic heterocycles. The Balaban J connectivity index is 1.81. The van der Waals surface area contributed by atoms with Crippen molar-refractivity contribution in [3.63, 3.8) is 0 Å². The van der Waals surface area contributed by atoms with Crippen LogP contribution in [0.5, 0.6) is 0 Å². The Hall–Kier alpha value is -2.16. The normalized spacial score (nSPS) is 22.0. The average Bonchev–Trinajstić information content (AvgIpc) is 3.25. The molecule has 2 aliphatic rings. The lowest BCUT2D eigenvalue weighted by Gasteiger charge is -2.46. The van der Waals surface area contributed by atoms with Crippen LogP contribution in [0.2, 0.25) is 0 Å². The number of para-hydroxylation sites is 1. The summed E-state index contributed by atoms with van der Waals surface area (Å²) in [5, 5.41) is 1.32. The van der Waals surface area contributed by atoms with E-state index in [0.29, 0.717) is 6.04 Å². The SMILES string of the molecule is Cc1ccccc1N1[C@@H](C)c2c(c3ccoc3n2C)C12CCCCC2. The van der Waals surface area contributed by atoms with Gasteiger partial charge in [0.25, 0.3) is 0 Å². The molecule has 5 rings (SSSR count). The molecule has 0 radical (unpaired) electrons. The summed E-state index contributed by atoms with van der Waals surface area (Å²) in [5.74, 6) is 0. The molecule has 1 atom stereocenters. The van der Waals surface area contributed by atoms with Gasteiger partial charge in [0.05, 0.1) is 17.8 Å². The Kier molecular flexibility index (Phi) is 3.13. The Morgan fingerprint density at radius 1 is 1.08 bits per heavy atom. The van der Waals surface area contributed by atoms with Crippen LogP contribution in [0.3, 0.4) is 0 Å². The van der Waals surface area contributed by atoms with Gasteiger partial charge in [0.2, 0.25) is 5.71 Å². The van der Waals surface area contributed by atoms with Gasteiger partial charge in [-0.3, -0.25) is 0 Å². The number of hydrogen-bond acceptors (Lipinski definition) is 2. The zero-order valence-corrected chi connectivity index (χ0v) is 15.4. The summed E-state index contributed by atoms with van der Waals surface area (Å²) in [7, 11) is 2.17. The first-order valence-electron chi connectivity index (χ1n) is 9.56. The molecule has 1 saturated carbocycles. The van der Waals surface area contributed by atoms with Crippen LogP contribution < -0.4 is 4.90 Å². The zero-order chi connectivity index (χ0) is 17.2. The zero-order valence-electron chi connectivity index (χ0n) is 15.4. The van der Waals surface area contributed by atoms with Gasteiger partial charge < -0.3 is 13.9 Å². The van der Waals surface area contributed by atoms with Crippen LogP contribution in [-0.4, -0.2) is 4.57 Å². The van der Waals surface area contributed by atoms with Crippen molar-refractivity contribution in [1.29, 1.82) is 0 Å². The third-order valence-corrected chi connectivity index (χ3v) is 6.60. The predicted octanol–water partition coefficient (Wildman–Crippen LogP) is 5.82. The summed E-state index contributed by atoms with van der Waals surface area (Å²) < 4.78 is 8.13. The third-order valence-electron chi connectivity index (χ3n) is 6.60. The van der Waals surface area contributed by atoms with Gasteiger partial charge in [0.1, 0.15) is 0 Å². The van der Waals surface area contributed by atoms with Crippen LogP contribution in [0.1, 0.15) is 61.9 Å². The first kappa shape index (κ1) is 15.1. The Morgan fingerprint density at radius 3 is 2.60 bits per heavy atom. The maximum absolute atomic E-state index is 5.84. The van der Waals surface area contributed by atoms with Crippen molar-refractivity contribution in [2.24, 2.45) is 7.05 Å². The molecule has 2 aromatic heterocycles. The molecule has 1 aliphatic carbocycles. The second-order valence-electron chi connectivity index (χ2n) is 7.88. The molecule has 0 unspecified atom stereocenters. The highest BCUT2D eigenvalue weighted by Gasteiger charge is 2.52. The topological polar surface area (TPSA) is 21.3 Å². The van der Waals surface area contributed by atoms with E-state index < -0.39 is 0 Å². The predicted molar refractivity (Wildman–Crippen MR) is 102 cm³/mol. The van der Waals surface area contributed by atoms with Crippen LogP contribution in [-0.2, 0) is 12.6 Å². The molecular formula is C22H26N2O. The van der Waals surface area contributed by atoms with Crippen LogP contribution in [0.25, 0.3) is 11.1 Å². The molecule has 130 valence electrons. The van der Waals surface area contributed by atoms with E-state index in [-0.39, 0.29) is 5.54 Å². The minimum Gasteiger partial charge on any atom is -0.448 e. The van der Waals surface area contributed by atoms with Crippen LogP contribution >= 0.6 is 0 Å². The fraction of sp³-hybridized carbons (Fsp3) is 0.455. The molecule has 25 heavy (non-hydrogen) atoms. The number of aromatic nitrogens is 1. The van der Waals surface area contributed by atoms with E-state index in [0.717, 1.165) is 5.71 Å². The molecular weight excluding hydrogens is 308 g/mol. The molecule has 3 heteroatoms. The van der Waals surface area contributed by atoms with E-state index in [1.807, 2.05) is 6.26 Å². The van der Waals surface area contributed by atoms with Crippen molar-refractivity contribution in [2.75, 3.05) is 4.90 Å². The van der Waals surface area contributed by atoms with Crippen LogP contribution in [0.4, 0.5) is 5.69 Å². The Labute approximate surface area is 149 Å². The highest BCUT2D eigenvalue weighted by molar-refractivity contribution is 5.86. The van der Waals surface area contributed by atoms with Gasteiger partial charge in [0, 0.05) is 29.4 Å². The first-order chi connectivity index (χ1) is 12.1. The molecule has 1 aromatic carbocycles. The maximum atomic E-state index is 5.84. The number of furan rings is 1. The van der Waals surface area contributed by atoms with Crippen molar-refractivity contribution in [3.8, 4) is 0 Å². The fourth-order valence-electron chi connectivity index (χ4n) is 5.66. The Morgan fingerprint density at radius 2 is 1.84 bits per heavy atom. The summed E-state index contributed by atoms with van der Waals surface area (Å²) in [5.41, 5.74) is 6.89. The fourth-order valence-corrected chi connectivity index (χ4v) is 5.66. The summed E-state index contributed by atoms with van der Waals surface area (Å²) in [6, 6.07) is 11.4. The lowest BCUT2D eigenvalue weighted by molar-refractivity contribution is 0.285. The second kappa shape index (κ2) is 5.17. The summed E-state index contributed by atoms with van der Waals surface area (Å²) in [4.78, 5) is 2.73. The van der Waals surface area contributed by atoms with Crippen molar-refractivity contribution in [3.05, 3.63) is 53.4 Å². The quantitative estimate of drug-likeness (QED) is 0.559. The molecule has 3 heterocycles. The van der Waals surface area contributed by atoms with E-state index in [1.54, 1.807) is 0 Å². The van der Waals surface area contributed by atoms with Gasteiger partial charge in [-0.1, -0.05) is 37.5 Å². The van der Waals surface area contributed by atoms with Gasteiger partial charge in [-0.25, -0.2) is 0 Å². The lowest BCUT2D eigenvalue weighted by atomic mass is 9.76. The summed E-state index contributed by atoms with van der Waals surface area (Å²) in [6.07, 6.45) is 8.30. The van der Waals surface area contributed by atoms with Gasteiger partial charge in [-0.2, -0.15) is 0 Å². The second-order valence-corrected chi connectivity index (χ2v) is 7.88. The molecule has 0 bridgehead atoms. The van der Waals surface area contributed by atoms with E-state index in [9.17, 15) is 0 Å². The number of nitrogens with zero attached hydrogens (tertiary/aromatic N) is 2. The minimum absolute atomic E-state index is 0.114. The first-order valence-corrected chi connectivity index (χ1v) is 9.56. The third kappa shape index (κ3) is 1.81. The van der Waals surface area contributed by atoms with Crippen LogP contribution in [0.15, 0.2) is 41.0 Å². The molecule has 3 nitrogen and oxygen atoms in total. The standard InChI is InChI=1S/C22H26N2O/c1-15-9-5-6-10-18(15)24-16(2)20-19(22(24)12-7-4-8-13-22)17-11-14-25-21(17)23(20)3/h5-6,9-11,14,16H,4,7-8,12-13H2,1-3H3/t16-/m0/s1. The highest BCUT2D eigenvalue weighted by Crippen LogP contribution is 2.58. The van der Waals surface area contributed by atoms with Gasteiger partial charge >= 0.3 is 0 Å². The molecule has 0 N–H and O–H groups in total. The van der Waals surface area contributed by atoms with E-state index in [4.69, 9.17) is 4.42 Å². The highest BCUT2D eigenvalue weighted by atomic mass is 16.3. The number of hydrogen-bond donors (Lipinski definition) is 0. The van der Waals surface area contributed by atoms with Crippen molar-refractivity contribution in [1.82, 2.24) is 4.57 Å². The number of aryl methyl sites for hydroxylation is 2. The molecule has 0 saturated heterocycles. The van der Waals surface area contributed by atoms with Gasteiger partial charge in [-0.05, 0) is 44.4 Å². The molecule has 1 fully saturated rings. The van der Waals surface area contributed by atoms with E-state index in [1.165, 1.54) is 60.0 Å². The summed E-state index contributed by atoms with van der Waals surface area (Å²) >= 11 is 0.